The van der Waals surface area contributed by atoms with Gasteiger partial charge in [0.2, 0.25) is 5.91 Å². The molecule has 4 aliphatic heterocycles. The molecule has 0 aliphatic carbocycles. The highest BCUT2D eigenvalue weighted by Gasteiger charge is 2.79. The first-order valence-corrected chi connectivity index (χ1v) is 10.8. The second-order valence-corrected chi connectivity index (χ2v) is 9.33. The molecule has 0 unspecified atom stereocenters. The molecule has 4 heterocycles. The molecule has 0 saturated carbocycles. The molecule has 6 atom stereocenters. The summed E-state index contributed by atoms with van der Waals surface area (Å²) in [4.78, 5) is 27.9. The summed E-state index contributed by atoms with van der Waals surface area (Å²) in [5, 5.41) is 28.2. The van der Waals surface area contributed by atoms with Crippen LogP contribution in [0.2, 0.25) is 0 Å². The molecule has 0 radical (unpaired) electrons. The van der Waals surface area contributed by atoms with Crippen LogP contribution in [-0.2, 0) is 20.4 Å². The second kappa shape index (κ2) is 7.31. The maximum absolute atomic E-state index is 13.7. The molecule has 12 heteroatoms. The van der Waals surface area contributed by atoms with Crippen LogP contribution in [0.15, 0.2) is 18.2 Å². The van der Waals surface area contributed by atoms with E-state index in [1.54, 1.807) is 6.92 Å². The number of alkyl halides is 3. The minimum absolute atomic E-state index is 0.0437. The summed E-state index contributed by atoms with van der Waals surface area (Å²) in [6, 6.07) is 3.91. The van der Waals surface area contributed by atoms with Gasteiger partial charge in [-0.1, -0.05) is 0 Å². The molecule has 2 N–H and O–H groups in total. The fraction of sp³-hybridized carbons (Fsp3) is 0.591. The molecule has 5 rings (SSSR count). The highest BCUT2D eigenvalue weighted by molar-refractivity contribution is 6.00. The fourth-order valence-electron chi connectivity index (χ4n) is 6.52. The van der Waals surface area contributed by atoms with E-state index in [-0.39, 0.29) is 18.8 Å². The second-order valence-electron chi connectivity index (χ2n) is 9.33. The van der Waals surface area contributed by atoms with Gasteiger partial charge in [-0.2, -0.15) is 18.4 Å². The number of ether oxygens (including phenoxy) is 2. The quantitative estimate of drug-likeness (QED) is 0.676. The first kappa shape index (κ1) is 22.9. The number of halogens is 3. The predicted octanol–water partition coefficient (Wildman–Crippen LogP) is 2.17. The number of benzene rings is 1. The van der Waals surface area contributed by atoms with Gasteiger partial charge in [0.1, 0.15) is 6.23 Å². The van der Waals surface area contributed by atoms with Crippen LogP contribution in [0.3, 0.4) is 0 Å². The van der Waals surface area contributed by atoms with Crippen LogP contribution in [0.25, 0.3) is 0 Å². The third-order valence-electron chi connectivity index (χ3n) is 7.76. The summed E-state index contributed by atoms with van der Waals surface area (Å²) < 4.78 is 53.0. The molecule has 182 valence electrons. The molecule has 0 aromatic heterocycles. The van der Waals surface area contributed by atoms with Crippen molar-refractivity contribution in [3.8, 4) is 6.07 Å². The van der Waals surface area contributed by atoms with Crippen LogP contribution in [0.1, 0.15) is 30.9 Å². The van der Waals surface area contributed by atoms with Gasteiger partial charge in [0.05, 0.1) is 53.6 Å². The first-order valence-electron chi connectivity index (χ1n) is 10.8. The molecule has 34 heavy (non-hydrogen) atoms. The fourth-order valence-corrected chi connectivity index (χ4v) is 6.52. The van der Waals surface area contributed by atoms with E-state index in [0.717, 1.165) is 17.0 Å². The smallest absolute Gasteiger partial charge is 0.417 e. The van der Waals surface area contributed by atoms with Crippen LogP contribution in [-0.4, -0.2) is 70.3 Å². The number of carbonyl (C=O) groups is 2. The van der Waals surface area contributed by atoms with Crippen LogP contribution < -0.4 is 4.90 Å². The molecule has 4 saturated heterocycles. The Morgan fingerprint density at radius 1 is 1.41 bits per heavy atom. The van der Waals surface area contributed by atoms with E-state index in [1.165, 1.54) is 17.0 Å². The summed E-state index contributed by atoms with van der Waals surface area (Å²) in [7, 11) is 0. The lowest BCUT2D eigenvalue weighted by molar-refractivity contribution is -0.141. The number of carbonyl (C=O) groups excluding carboxylic acids is 1. The van der Waals surface area contributed by atoms with E-state index in [2.05, 4.69) is 0 Å². The average Bonchev–Trinajstić information content (AvgIpc) is 3.34. The van der Waals surface area contributed by atoms with Gasteiger partial charge < -0.3 is 24.6 Å². The van der Waals surface area contributed by atoms with Crippen LogP contribution in [0, 0.1) is 23.2 Å². The monoisotopic (exact) mass is 481 g/mol. The van der Waals surface area contributed by atoms with E-state index in [4.69, 9.17) is 14.7 Å². The standard InChI is InChI=1S/C22H22F3N3O6/c1-20-14(27(5-6-29)19(31)32)9-21(34-20)4-7-33-18-16(21)15(20)17(30)28(18)12-3-2-11(10-26)13(8-12)22(23,24)25/h2-3,8,14-16,18,29H,4-7,9H2,1H3,(H,31,32)/t14-,15+,16-,18-,20+,21-/m0/s1. The van der Waals surface area contributed by atoms with Crippen LogP contribution >= 0.6 is 0 Å². The number of aliphatic hydroxyl groups is 1. The Bertz CT molecular complexity index is 1110. The largest absolute Gasteiger partial charge is 0.465 e. The summed E-state index contributed by atoms with van der Waals surface area (Å²) in [6.45, 7) is 1.27. The number of nitriles is 1. The molecule has 1 aromatic carbocycles. The number of anilines is 1. The van der Waals surface area contributed by atoms with Gasteiger partial charge in [0.25, 0.3) is 0 Å². The van der Waals surface area contributed by atoms with Gasteiger partial charge in [0, 0.05) is 31.0 Å². The number of carboxylic acid groups (broad SMARTS) is 1. The van der Waals surface area contributed by atoms with Crippen molar-refractivity contribution < 1.29 is 42.4 Å². The zero-order valence-electron chi connectivity index (χ0n) is 18.1. The Morgan fingerprint density at radius 2 is 2.15 bits per heavy atom. The van der Waals surface area contributed by atoms with Gasteiger partial charge in [0.15, 0.2) is 0 Å². The van der Waals surface area contributed by atoms with Gasteiger partial charge >= 0.3 is 12.3 Å². The third-order valence-corrected chi connectivity index (χ3v) is 7.76. The van der Waals surface area contributed by atoms with E-state index < -0.39 is 71.2 Å². The Hall–Kier alpha value is -2.88. The number of fused-ring (bicyclic) bond motifs is 2. The summed E-state index contributed by atoms with van der Waals surface area (Å²) in [6.07, 6.45) is -6.22. The van der Waals surface area contributed by atoms with Crippen molar-refractivity contribution in [2.45, 2.75) is 49.4 Å². The lowest BCUT2D eigenvalue weighted by Crippen LogP contribution is -2.59. The predicted molar refractivity (Wildman–Crippen MR) is 107 cm³/mol. The maximum Gasteiger partial charge on any atom is 0.417 e. The van der Waals surface area contributed by atoms with Gasteiger partial charge in [-0.15, -0.1) is 0 Å². The Kier molecular flexibility index (Phi) is 4.92. The van der Waals surface area contributed by atoms with E-state index in [0.29, 0.717) is 12.8 Å². The summed E-state index contributed by atoms with van der Waals surface area (Å²) in [5.74, 6) is -1.86. The topological polar surface area (TPSA) is 123 Å². The molecule has 4 aliphatic rings. The zero-order chi connectivity index (χ0) is 24.6. The van der Waals surface area contributed by atoms with Crippen LogP contribution in [0.5, 0.6) is 0 Å². The summed E-state index contributed by atoms with van der Waals surface area (Å²) in [5.41, 5.74) is -3.86. The van der Waals surface area contributed by atoms with Crippen molar-refractivity contribution in [2.24, 2.45) is 11.8 Å². The van der Waals surface area contributed by atoms with Crippen molar-refractivity contribution in [3.63, 3.8) is 0 Å². The highest BCUT2D eigenvalue weighted by Crippen LogP contribution is 2.66. The highest BCUT2D eigenvalue weighted by atomic mass is 19.4. The van der Waals surface area contributed by atoms with Crippen LogP contribution in [0.4, 0.5) is 23.7 Å². The Labute approximate surface area is 192 Å². The molecule has 4 fully saturated rings. The number of hydrogen-bond donors (Lipinski definition) is 2. The number of aliphatic hydroxyl groups excluding tert-OH is 1. The lowest BCUT2D eigenvalue weighted by atomic mass is 9.63. The molecule has 2 amide bonds. The Balaban J connectivity index is 1.58. The molecular formula is C22H22F3N3O6. The third kappa shape index (κ3) is 2.90. The Morgan fingerprint density at radius 3 is 2.76 bits per heavy atom. The van der Waals surface area contributed by atoms with E-state index in [1.807, 2.05) is 0 Å². The molecule has 9 nitrogen and oxygen atoms in total. The number of amides is 2. The van der Waals surface area contributed by atoms with E-state index >= 15 is 0 Å². The van der Waals surface area contributed by atoms with E-state index in [9.17, 15) is 33.0 Å². The molecular weight excluding hydrogens is 459 g/mol. The molecule has 1 aromatic rings. The van der Waals surface area contributed by atoms with Gasteiger partial charge in [-0.3, -0.25) is 9.69 Å². The number of nitrogens with zero attached hydrogens (tertiary/aromatic N) is 3. The van der Waals surface area contributed by atoms with Crippen molar-refractivity contribution in [1.29, 1.82) is 5.26 Å². The molecule has 1 spiro atoms. The van der Waals surface area contributed by atoms with Crippen molar-refractivity contribution in [1.82, 2.24) is 4.90 Å². The minimum Gasteiger partial charge on any atom is -0.465 e. The number of hydrogen-bond acceptors (Lipinski definition) is 6. The average molecular weight is 481 g/mol. The molecule has 2 bridgehead atoms. The SMILES string of the molecule is C[C@]12O[C@@]3(CCO[C@H]4[C@@H]3[C@@H]1C(=O)N4c1ccc(C#N)c(C(F)(F)F)c1)C[C@@H]2N(CCO)C(=O)O. The van der Waals surface area contributed by atoms with Crippen molar-refractivity contribution in [3.05, 3.63) is 29.3 Å². The van der Waals surface area contributed by atoms with Gasteiger partial charge in [-0.25, -0.2) is 4.79 Å². The lowest BCUT2D eigenvalue weighted by Gasteiger charge is -2.44. The van der Waals surface area contributed by atoms with Crippen molar-refractivity contribution in [2.75, 3.05) is 24.7 Å². The normalized spacial score (nSPS) is 35.9. The van der Waals surface area contributed by atoms with Crippen molar-refractivity contribution >= 4 is 17.7 Å². The first-order chi connectivity index (χ1) is 16.0. The maximum atomic E-state index is 13.7. The number of rotatable bonds is 4. The van der Waals surface area contributed by atoms with Gasteiger partial charge in [-0.05, 0) is 25.1 Å². The summed E-state index contributed by atoms with van der Waals surface area (Å²) >= 11 is 0. The zero-order valence-corrected chi connectivity index (χ0v) is 18.1. The minimum atomic E-state index is -4.79.